The molecule has 2 amide bonds. The molecular formula is C23H26N6O2S. The third kappa shape index (κ3) is 5.17. The van der Waals surface area contributed by atoms with Crippen LogP contribution in [0.15, 0.2) is 59.8 Å². The first-order valence-electron chi connectivity index (χ1n) is 10.5. The number of likely N-dealkylation sites (N-methyl/N-ethyl adjacent to an activating group) is 1. The SMILES string of the molecule is CN1CCN(C(=O)CSc2nnc(-c3ccc(NC(=O)c4ccccc4)cc3)n2C)CC1. The van der Waals surface area contributed by atoms with E-state index in [-0.39, 0.29) is 11.8 Å². The van der Waals surface area contributed by atoms with Crippen molar-refractivity contribution in [1.29, 1.82) is 0 Å². The van der Waals surface area contributed by atoms with E-state index >= 15 is 0 Å². The summed E-state index contributed by atoms with van der Waals surface area (Å²) >= 11 is 1.40. The van der Waals surface area contributed by atoms with E-state index in [1.165, 1.54) is 11.8 Å². The minimum absolute atomic E-state index is 0.131. The predicted octanol–water partition coefficient (Wildman–Crippen LogP) is 2.60. The van der Waals surface area contributed by atoms with E-state index in [4.69, 9.17) is 0 Å². The number of rotatable bonds is 6. The van der Waals surface area contributed by atoms with Crippen LogP contribution in [0.2, 0.25) is 0 Å². The molecule has 2 aromatic carbocycles. The van der Waals surface area contributed by atoms with Crippen molar-refractivity contribution in [1.82, 2.24) is 24.6 Å². The number of carbonyl (C=O) groups is 2. The van der Waals surface area contributed by atoms with E-state index in [0.717, 1.165) is 31.7 Å². The summed E-state index contributed by atoms with van der Waals surface area (Å²) in [5.74, 6) is 1.03. The van der Waals surface area contributed by atoms with Gasteiger partial charge in [-0.3, -0.25) is 9.59 Å². The van der Waals surface area contributed by atoms with E-state index < -0.39 is 0 Å². The summed E-state index contributed by atoms with van der Waals surface area (Å²) in [6, 6.07) is 16.6. The number of hydrogen-bond acceptors (Lipinski definition) is 6. The monoisotopic (exact) mass is 450 g/mol. The lowest BCUT2D eigenvalue weighted by Crippen LogP contribution is -2.47. The second-order valence-electron chi connectivity index (χ2n) is 7.74. The lowest BCUT2D eigenvalue weighted by Gasteiger charge is -2.32. The topological polar surface area (TPSA) is 83.4 Å². The Labute approximate surface area is 191 Å². The normalized spacial score (nSPS) is 14.4. The summed E-state index contributed by atoms with van der Waals surface area (Å²) in [4.78, 5) is 28.9. The number of anilines is 1. The Kier molecular flexibility index (Phi) is 6.87. The second kappa shape index (κ2) is 9.97. The molecule has 166 valence electrons. The van der Waals surface area contributed by atoms with Crippen LogP contribution in [0.4, 0.5) is 5.69 Å². The molecule has 32 heavy (non-hydrogen) atoms. The Bertz CT molecular complexity index is 1080. The van der Waals surface area contributed by atoms with Crippen molar-refractivity contribution in [2.24, 2.45) is 7.05 Å². The maximum absolute atomic E-state index is 12.5. The Hall–Kier alpha value is -3.17. The van der Waals surface area contributed by atoms with Crippen LogP contribution >= 0.6 is 11.8 Å². The lowest BCUT2D eigenvalue weighted by molar-refractivity contribution is -0.129. The Morgan fingerprint density at radius 2 is 1.62 bits per heavy atom. The average Bonchev–Trinajstić information content (AvgIpc) is 3.19. The van der Waals surface area contributed by atoms with Crippen molar-refractivity contribution in [2.75, 3.05) is 44.3 Å². The molecule has 8 nitrogen and oxygen atoms in total. The number of amides is 2. The Morgan fingerprint density at radius 1 is 0.938 bits per heavy atom. The summed E-state index contributed by atoms with van der Waals surface area (Å²) in [5.41, 5.74) is 2.20. The number of nitrogens with one attached hydrogen (secondary N) is 1. The molecule has 0 aliphatic carbocycles. The van der Waals surface area contributed by atoms with E-state index in [1.54, 1.807) is 12.1 Å². The third-order valence-corrected chi connectivity index (χ3v) is 6.46. The molecule has 0 radical (unpaired) electrons. The number of benzene rings is 2. The zero-order valence-electron chi connectivity index (χ0n) is 18.2. The molecule has 4 rings (SSSR count). The van der Waals surface area contributed by atoms with Crippen molar-refractivity contribution in [3.63, 3.8) is 0 Å². The second-order valence-corrected chi connectivity index (χ2v) is 8.68. The molecule has 2 heterocycles. The molecule has 0 atom stereocenters. The summed E-state index contributed by atoms with van der Waals surface area (Å²) in [7, 11) is 3.96. The fraction of sp³-hybridized carbons (Fsp3) is 0.304. The molecule has 0 unspecified atom stereocenters. The minimum Gasteiger partial charge on any atom is -0.339 e. The zero-order chi connectivity index (χ0) is 22.5. The van der Waals surface area contributed by atoms with Crippen molar-refractivity contribution in [2.45, 2.75) is 5.16 Å². The van der Waals surface area contributed by atoms with Gasteiger partial charge in [0.25, 0.3) is 5.91 Å². The van der Waals surface area contributed by atoms with Gasteiger partial charge < -0.3 is 19.7 Å². The molecule has 1 aromatic heterocycles. The van der Waals surface area contributed by atoms with Gasteiger partial charge in [0.15, 0.2) is 11.0 Å². The van der Waals surface area contributed by atoms with Crippen LogP contribution in [-0.2, 0) is 11.8 Å². The lowest BCUT2D eigenvalue weighted by atomic mass is 10.1. The van der Waals surface area contributed by atoms with Gasteiger partial charge in [0, 0.05) is 50.0 Å². The van der Waals surface area contributed by atoms with Gasteiger partial charge in [0.2, 0.25) is 5.91 Å². The van der Waals surface area contributed by atoms with E-state index in [1.807, 2.05) is 59.0 Å². The molecular weight excluding hydrogens is 424 g/mol. The van der Waals surface area contributed by atoms with Gasteiger partial charge in [-0.1, -0.05) is 30.0 Å². The molecule has 3 aromatic rings. The fourth-order valence-electron chi connectivity index (χ4n) is 3.46. The third-order valence-electron chi connectivity index (χ3n) is 5.45. The fourth-order valence-corrected chi connectivity index (χ4v) is 4.27. The van der Waals surface area contributed by atoms with Gasteiger partial charge in [-0.25, -0.2) is 0 Å². The number of thioether (sulfide) groups is 1. The quantitative estimate of drug-likeness (QED) is 0.582. The van der Waals surface area contributed by atoms with Gasteiger partial charge in [0.1, 0.15) is 0 Å². The van der Waals surface area contributed by atoms with Crippen LogP contribution in [0, 0.1) is 0 Å². The number of piperazine rings is 1. The van der Waals surface area contributed by atoms with Crippen LogP contribution in [0.5, 0.6) is 0 Å². The first-order chi connectivity index (χ1) is 15.5. The van der Waals surface area contributed by atoms with Crippen LogP contribution in [0.3, 0.4) is 0 Å². The number of nitrogens with zero attached hydrogens (tertiary/aromatic N) is 5. The van der Waals surface area contributed by atoms with Gasteiger partial charge in [-0.05, 0) is 43.4 Å². The van der Waals surface area contributed by atoms with Crippen LogP contribution in [0.25, 0.3) is 11.4 Å². The van der Waals surface area contributed by atoms with Gasteiger partial charge in [-0.2, -0.15) is 0 Å². The van der Waals surface area contributed by atoms with Gasteiger partial charge in [-0.15, -0.1) is 10.2 Å². The molecule has 1 N–H and O–H groups in total. The summed E-state index contributed by atoms with van der Waals surface area (Å²) < 4.78 is 1.89. The highest BCUT2D eigenvalue weighted by atomic mass is 32.2. The first kappa shape index (κ1) is 22.0. The highest BCUT2D eigenvalue weighted by Crippen LogP contribution is 2.24. The zero-order valence-corrected chi connectivity index (χ0v) is 19.0. The molecule has 0 saturated carbocycles. The standard InChI is InChI=1S/C23H26N6O2S/c1-27-12-14-29(15-13-27)20(30)16-32-23-26-25-21(28(23)2)17-8-10-19(11-9-17)24-22(31)18-6-4-3-5-7-18/h3-11H,12-16H2,1-2H3,(H,24,31). The maximum atomic E-state index is 12.5. The minimum atomic E-state index is -0.152. The van der Waals surface area contributed by atoms with Crippen LogP contribution in [0.1, 0.15) is 10.4 Å². The number of carbonyl (C=O) groups excluding carboxylic acids is 2. The maximum Gasteiger partial charge on any atom is 0.255 e. The van der Waals surface area contributed by atoms with Gasteiger partial charge >= 0.3 is 0 Å². The Balaban J connectivity index is 1.36. The van der Waals surface area contributed by atoms with Crippen molar-refractivity contribution in [3.8, 4) is 11.4 Å². The number of hydrogen-bond donors (Lipinski definition) is 1. The highest BCUT2D eigenvalue weighted by molar-refractivity contribution is 7.99. The predicted molar refractivity (Wildman–Crippen MR) is 126 cm³/mol. The number of aromatic nitrogens is 3. The van der Waals surface area contributed by atoms with Crippen LogP contribution in [-0.4, -0.2) is 75.4 Å². The molecule has 9 heteroatoms. The Morgan fingerprint density at radius 3 is 2.31 bits per heavy atom. The average molecular weight is 451 g/mol. The van der Waals surface area contributed by atoms with Crippen LogP contribution < -0.4 is 5.32 Å². The highest BCUT2D eigenvalue weighted by Gasteiger charge is 2.20. The van der Waals surface area contributed by atoms with E-state index in [2.05, 4.69) is 27.5 Å². The molecule has 1 aliphatic heterocycles. The molecule has 0 spiro atoms. The summed E-state index contributed by atoms with van der Waals surface area (Å²) in [6.45, 7) is 3.36. The van der Waals surface area contributed by atoms with Crippen molar-refractivity contribution in [3.05, 3.63) is 60.2 Å². The summed E-state index contributed by atoms with van der Waals surface area (Å²) in [6.07, 6.45) is 0. The van der Waals surface area contributed by atoms with E-state index in [0.29, 0.717) is 28.0 Å². The smallest absolute Gasteiger partial charge is 0.255 e. The molecule has 1 aliphatic rings. The molecule has 0 bridgehead atoms. The molecule has 1 saturated heterocycles. The first-order valence-corrected chi connectivity index (χ1v) is 11.4. The molecule has 1 fully saturated rings. The van der Waals surface area contributed by atoms with Gasteiger partial charge in [0.05, 0.1) is 5.75 Å². The van der Waals surface area contributed by atoms with Crippen molar-refractivity contribution < 1.29 is 9.59 Å². The summed E-state index contributed by atoms with van der Waals surface area (Å²) in [5, 5.41) is 12.1. The van der Waals surface area contributed by atoms with E-state index in [9.17, 15) is 9.59 Å². The largest absolute Gasteiger partial charge is 0.339 e. The van der Waals surface area contributed by atoms with Crippen molar-refractivity contribution >= 4 is 29.3 Å².